The Morgan fingerprint density at radius 3 is 2.62 bits per heavy atom. The number of hydrogen-bond donors (Lipinski definition) is 0. The van der Waals surface area contributed by atoms with Gasteiger partial charge in [0.05, 0.1) is 0 Å². The summed E-state index contributed by atoms with van der Waals surface area (Å²) in [6.07, 6.45) is 0. The van der Waals surface area contributed by atoms with Crippen LogP contribution in [0.2, 0.25) is 0 Å². The van der Waals surface area contributed by atoms with Crippen LogP contribution in [-0.2, 0) is 6.61 Å². The van der Waals surface area contributed by atoms with Crippen LogP contribution >= 0.6 is 11.3 Å². The van der Waals surface area contributed by atoms with E-state index in [0.29, 0.717) is 6.61 Å². The second-order valence-electron chi connectivity index (χ2n) is 2.73. The van der Waals surface area contributed by atoms with E-state index in [1.165, 1.54) is 5.56 Å². The normalized spacial score (nSPS) is 9.85. The van der Waals surface area contributed by atoms with Crippen LogP contribution in [0.4, 0.5) is 0 Å². The second kappa shape index (κ2) is 4.10. The second-order valence-corrected chi connectivity index (χ2v) is 3.51. The standard InChI is InChI=1S/C11H10OS/c1-2-4-10(5-3-1)8-12-11-6-7-13-9-11/h1-7,9H,8H2. The van der Waals surface area contributed by atoms with E-state index in [0.717, 1.165) is 5.75 Å². The van der Waals surface area contributed by atoms with E-state index in [4.69, 9.17) is 4.74 Å². The van der Waals surface area contributed by atoms with Gasteiger partial charge in [-0.05, 0) is 17.0 Å². The third-order valence-corrected chi connectivity index (χ3v) is 2.41. The van der Waals surface area contributed by atoms with Crippen molar-refractivity contribution in [1.82, 2.24) is 0 Å². The van der Waals surface area contributed by atoms with Crippen LogP contribution in [0.15, 0.2) is 47.2 Å². The van der Waals surface area contributed by atoms with Gasteiger partial charge in [0, 0.05) is 5.38 Å². The highest BCUT2D eigenvalue weighted by atomic mass is 32.1. The van der Waals surface area contributed by atoms with Gasteiger partial charge in [0.1, 0.15) is 12.4 Å². The monoisotopic (exact) mass is 190 g/mol. The fourth-order valence-electron chi connectivity index (χ4n) is 1.08. The first-order chi connectivity index (χ1) is 6.45. The molecule has 0 N–H and O–H groups in total. The summed E-state index contributed by atoms with van der Waals surface area (Å²) in [6, 6.07) is 12.2. The molecule has 0 saturated carbocycles. The maximum Gasteiger partial charge on any atom is 0.130 e. The molecular formula is C11H10OS. The summed E-state index contributed by atoms with van der Waals surface area (Å²) in [5, 5.41) is 4.02. The number of benzene rings is 1. The summed E-state index contributed by atoms with van der Waals surface area (Å²) in [4.78, 5) is 0. The van der Waals surface area contributed by atoms with Crippen LogP contribution in [0.3, 0.4) is 0 Å². The number of thiophene rings is 1. The van der Waals surface area contributed by atoms with Gasteiger partial charge >= 0.3 is 0 Å². The van der Waals surface area contributed by atoms with Crippen molar-refractivity contribution in [3.8, 4) is 5.75 Å². The van der Waals surface area contributed by atoms with Gasteiger partial charge in [-0.25, -0.2) is 0 Å². The van der Waals surface area contributed by atoms with Crippen molar-refractivity contribution in [2.75, 3.05) is 0 Å². The molecule has 1 nitrogen and oxygen atoms in total. The van der Waals surface area contributed by atoms with E-state index in [2.05, 4.69) is 12.1 Å². The molecule has 1 heterocycles. The summed E-state index contributed by atoms with van der Waals surface area (Å²) in [6.45, 7) is 0.650. The predicted molar refractivity (Wildman–Crippen MR) is 55.1 cm³/mol. The minimum Gasteiger partial charge on any atom is -0.488 e. The van der Waals surface area contributed by atoms with Gasteiger partial charge in [-0.15, -0.1) is 11.3 Å². The largest absolute Gasteiger partial charge is 0.488 e. The Morgan fingerprint density at radius 1 is 1.08 bits per heavy atom. The molecule has 66 valence electrons. The van der Waals surface area contributed by atoms with Crippen molar-refractivity contribution in [1.29, 1.82) is 0 Å². The Bertz CT molecular complexity index is 340. The third-order valence-electron chi connectivity index (χ3n) is 1.74. The minimum absolute atomic E-state index is 0.650. The van der Waals surface area contributed by atoms with Crippen molar-refractivity contribution in [2.45, 2.75) is 6.61 Å². The molecular weight excluding hydrogens is 180 g/mol. The molecule has 0 fully saturated rings. The van der Waals surface area contributed by atoms with Gasteiger partial charge in [-0.1, -0.05) is 30.3 Å². The molecule has 2 heteroatoms. The minimum atomic E-state index is 0.650. The number of hydrogen-bond acceptors (Lipinski definition) is 2. The zero-order valence-corrected chi connectivity index (χ0v) is 7.96. The third kappa shape index (κ3) is 2.33. The van der Waals surface area contributed by atoms with Gasteiger partial charge in [0.2, 0.25) is 0 Å². The SMILES string of the molecule is c1ccc(COc2ccsc2)cc1. The van der Waals surface area contributed by atoms with E-state index in [9.17, 15) is 0 Å². The molecule has 13 heavy (non-hydrogen) atoms. The molecule has 1 aromatic heterocycles. The van der Waals surface area contributed by atoms with Gasteiger partial charge in [0.15, 0.2) is 0 Å². The lowest BCUT2D eigenvalue weighted by Gasteiger charge is -2.02. The first-order valence-corrected chi connectivity index (χ1v) is 5.08. The number of rotatable bonds is 3. The lowest BCUT2D eigenvalue weighted by atomic mass is 10.2. The lowest BCUT2D eigenvalue weighted by Crippen LogP contribution is -1.92. The summed E-state index contributed by atoms with van der Waals surface area (Å²) in [7, 11) is 0. The highest BCUT2D eigenvalue weighted by molar-refractivity contribution is 7.08. The van der Waals surface area contributed by atoms with Crippen LogP contribution in [0.5, 0.6) is 5.75 Å². The zero-order valence-electron chi connectivity index (χ0n) is 7.14. The first kappa shape index (κ1) is 8.32. The summed E-state index contributed by atoms with van der Waals surface area (Å²) in [5.41, 5.74) is 1.20. The highest BCUT2D eigenvalue weighted by Crippen LogP contribution is 2.16. The molecule has 0 aliphatic rings. The molecule has 0 bridgehead atoms. The molecule has 0 amide bonds. The molecule has 0 saturated heterocycles. The Morgan fingerprint density at radius 2 is 1.92 bits per heavy atom. The van der Waals surface area contributed by atoms with E-state index in [1.54, 1.807) is 11.3 Å². The predicted octanol–water partition coefficient (Wildman–Crippen LogP) is 3.33. The Kier molecular flexibility index (Phi) is 2.62. The lowest BCUT2D eigenvalue weighted by molar-refractivity contribution is 0.307. The quantitative estimate of drug-likeness (QED) is 0.721. The average molecular weight is 190 g/mol. The van der Waals surface area contributed by atoms with Crippen LogP contribution < -0.4 is 4.74 Å². The zero-order chi connectivity index (χ0) is 8.93. The Labute approximate surface area is 81.6 Å². The van der Waals surface area contributed by atoms with Crippen molar-refractivity contribution >= 4 is 11.3 Å². The van der Waals surface area contributed by atoms with E-state index in [-0.39, 0.29) is 0 Å². The molecule has 0 spiro atoms. The molecule has 0 aliphatic heterocycles. The van der Waals surface area contributed by atoms with E-state index < -0.39 is 0 Å². The van der Waals surface area contributed by atoms with Crippen molar-refractivity contribution in [2.24, 2.45) is 0 Å². The fourth-order valence-corrected chi connectivity index (χ4v) is 1.65. The molecule has 0 aliphatic carbocycles. The van der Waals surface area contributed by atoms with Crippen LogP contribution in [0.25, 0.3) is 0 Å². The molecule has 1 aromatic carbocycles. The molecule has 0 atom stereocenters. The van der Waals surface area contributed by atoms with Crippen molar-refractivity contribution < 1.29 is 4.74 Å². The summed E-state index contributed by atoms with van der Waals surface area (Å²) >= 11 is 1.65. The molecule has 0 unspecified atom stereocenters. The Balaban J connectivity index is 1.94. The number of ether oxygens (including phenoxy) is 1. The Hall–Kier alpha value is -1.28. The average Bonchev–Trinajstić information content (AvgIpc) is 2.69. The summed E-state index contributed by atoms with van der Waals surface area (Å²) in [5.74, 6) is 0.953. The maximum atomic E-state index is 5.54. The highest BCUT2D eigenvalue weighted by Gasteiger charge is 1.93. The molecule has 2 rings (SSSR count). The molecule has 2 aromatic rings. The van der Waals surface area contributed by atoms with Crippen LogP contribution in [-0.4, -0.2) is 0 Å². The van der Waals surface area contributed by atoms with Gasteiger partial charge in [-0.3, -0.25) is 0 Å². The molecule has 0 radical (unpaired) electrons. The fraction of sp³-hybridized carbons (Fsp3) is 0.0909. The van der Waals surface area contributed by atoms with Crippen molar-refractivity contribution in [3.05, 3.63) is 52.7 Å². The van der Waals surface area contributed by atoms with Crippen molar-refractivity contribution in [3.63, 3.8) is 0 Å². The topological polar surface area (TPSA) is 9.23 Å². The van der Waals surface area contributed by atoms with Gasteiger partial charge in [-0.2, -0.15) is 0 Å². The maximum absolute atomic E-state index is 5.54. The van der Waals surface area contributed by atoms with Gasteiger partial charge in [0.25, 0.3) is 0 Å². The van der Waals surface area contributed by atoms with E-state index >= 15 is 0 Å². The smallest absolute Gasteiger partial charge is 0.130 e. The van der Waals surface area contributed by atoms with Crippen LogP contribution in [0.1, 0.15) is 5.56 Å². The van der Waals surface area contributed by atoms with Gasteiger partial charge < -0.3 is 4.74 Å². The summed E-state index contributed by atoms with van der Waals surface area (Å²) < 4.78 is 5.54. The first-order valence-electron chi connectivity index (χ1n) is 4.14. The van der Waals surface area contributed by atoms with Crippen LogP contribution in [0, 0.1) is 0 Å². The van der Waals surface area contributed by atoms with E-state index in [1.807, 2.05) is 35.0 Å².